The molecule has 26 heavy (non-hydrogen) atoms. The Morgan fingerprint density at radius 1 is 1.08 bits per heavy atom. The lowest BCUT2D eigenvalue weighted by Crippen LogP contribution is -2.53. The second-order valence-electron chi connectivity index (χ2n) is 7.46. The zero-order chi connectivity index (χ0) is 17.9. The lowest BCUT2D eigenvalue weighted by molar-refractivity contribution is -0.137. The number of rotatable bonds is 5. The minimum atomic E-state index is -0.0953. The minimum Gasteiger partial charge on any atom is -0.352 e. The quantitative estimate of drug-likeness (QED) is 0.685. The van der Waals surface area contributed by atoms with E-state index in [-0.39, 0.29) is 23.8 Å². The molecule has 2 amide bonds. The fraction of sp³-hybridized carbons (Fsp3) is 0.579. The van der Waals surface area contributed by atoms with Crippen LogP contribution in [0, 0.1) is 5.92 Å². The molecule has 0 radical (unpaired) electrons. The van der Waals surface area contributed by atoms with Crippen molar-refractivity contribution in [3.8, 4) is 0 Å². The van der Waals surface area contributed by atoms with Gasteiger partial charge in [-0.2, -0.15) is 0 Å². The van der Waals surface area contributed by atoms with Crippen LogP contribution in [0.15, 0.2) is 30.3 Å². The summed E-state index contributed by atoms with van der Waals surface area (Å²) < 4.78 is 0. The maximum atomic E-state index is 13.0. The number of benzene rings is 1. The van der Waals surface area contributed by atoms with Crippen molar-refractivity contribution in [3.63, 3.8) is 0 Å². The molecule has 0 aromatic heterocycles. The van der Waals surface area contributed by atoms with Crippen LogP contribution in [-0.2, 0) is 9.59 Å². The van der Waals surface area contributed by atoms with Crippen molar-refractivity contribution in [1.29, 1.82) is 0 Å². The summed E-state index contributed by atoms with van der Waals surface area (Å²) in [6, 6.07) is 10.5. The lowest BCUT2D eigenvalue weighted by Gasteiger charge is -2.36. The van der Waals surface area contributed by atoms with Crippen molar-refractivity contribution in [2.45, 2.75) is 24.9 Å². The van der Waals surface area contributed by atoms with Gasteiger partial charge in [0.05, 0.1) is 18.5 Å². The highest BCUT2D eigenvalue weighted by atomic mass is 16.2. The first-order valence-corrected chi connectivity index (χ1v) is 9.54. The van der Waals surface area contributed by atoms with Crippen LogP contribution in [-0.4, -0.2) is 66.9 Å². The fourth-order valence-corrected chi connectivity index (χ4v) is 3.77. The second-order valence-corrected chi connectivity index (χ2v) is 7.46. The summed E-state index contributed by atoms with van der Waals surface area (Å²) in [7, 11) is 0. The zero-order valence-corrected chi connectivity index (χ0v) is 15.0. The number of hydrogen-bond donors (Lipinski definition) is 3. The third-order valence-corrected chi connectivity index (χ3v) is 5.45. The number of nitrogens with one attached hydrogen (secondary N) is 3. The number of hydrogen-bond acceptors (Lipinski definition) is 5. The topological polar surface area (TPSA) is 76.7 Å². The minimum absolute atomic E-state index is 0.00560. The van der Waals surface area contributed by atoms with Gasteiger partial charge in [0.25, 0.3) is 0 Å². The van der Waals surface area contributed by atoms with E-state index in [0.29, 0.717) is 32.2 Å². The lowest BCUT2D eigenvalue weighted by atomic mass is 9.93. The van der Waals surface area contributed by atoms with Crippen molar-refractivity contribution in [2.24, 2.45) is 5.92 Å². The van der Waals surface area contributed by atoms with E-state index >= 15 is 0 Å². The standard InChI is InChI=1S/C19H27N5O2/c25-17(21-15-6-7-15)13-23-8-10-24(11-9-23)19(26)16-12-20-22-18(16)14-4-2-1-3-5-14/h1-5,15-16,18,20,22H,6-13H2,(H,21,25). The number of carbonyl (C=O) groups excluding carboxylic acids is 2. The van der Waals surface area contributed by atoms with Gasteiger partial charge in [-0.05, 0) is 18.4 Å². The first-order valence-electron chi connectivity index (χ1n) is 9.54. The molecule has 1 aromatic rings. The SMILES string of the molecule is O=C(CN1CCN(C(=O)C2CNNC2c2ccccc2)CC1)NC1CC1. The molecule has 140 valence electrons. The van der Waals surface area contributed by atoms with Gasteiger partial charge < -0.3 is 10.2 Å². The molecule has 1 aromatic carbocycles. The average molecular weight is 357 g/mol. The van der Waals surface area contributed by atoms with Gasteiger partial charge in [0, 0.05) is 38.8 Å². The monoisotopic (exact) mass is 357 g/mol. The van der Waals surface area contributed by atoms with Crippen LogP contribution in [0.25, 0.3) is 0 Å². The van der Waals surface area contributed by atoms with Gasteiger partial charge in [0.2, 0.25) is 11.8 Å². The summed E-state index contributed by atoms with van der Waals surface area (Å²) >= 11 is 0. The maximum Gasteiger partial charge on any atom is 0.234 e. The summed E-state index contributed by atoms with van der Waals surface area (Å²) in [5.41, 5.74) is 7.51. The van der Waals surface area contributed by atoms with E-state index < -0.39 is 0 Å². The molecule has 0 spiro atoms. The van der Waals surface area contributed by atoms with Crippen molar-refractivity contribution < 1.29 is 9.59 Å². The molecule has 3 aliphatic rings. The summed E-state index contributed by atoms with van der Waals surface area (Å²) in [5, 5.41) is 3.03. The molecule has 1 aliphatic carbocycles. The molecule has 2 aliphatic heterocycles. The molecular weight excluding hydrogens is 330 g/mol. The van der Waals surface area contributed by atoms with Gasteiger partial charge in [0.1, 0.15) is 0 Å². The van der Waals surface area contributed by atoms with E-state index in [4.69, 9.17) is 0 Å². The molecule has 2 saturated heterocycles. The van der Waals surface area contributed by atoms with Gasteiger partial charge >= 0.3 is 0 Å². The van der Waals surface area contributed by atoms with Crippen molar-refractivity contribution in [1.82, 2.24) is 26.0 Å². The highest BCUT2D eigenvalue weighted by Gasteiger charge is 2.37. The Balaban J connectivity index is 1.29. The first-order chi connectivity index (χ1) is 12.7. The number of amides is 2. The molecule has 4 rings (SSSR count). The van der Waals surface area contributed by atoms with Crippen LogP contribution in [0.2, 0.25) is 0 Å². The number of hydrazine groups is 1. The molecule has 0 bridgehead atoms. The summed E-state index contributed by atoms with van der Waals surface area (Å²) in [5.74, 6) is 0.209. The Hall–Kier alpha value is -1.96. The van der Waals surface area contributed by atoms with Crippen molar-refractivity contribution >= 4 is 11.8 Å². The maximum absolute atomic E-state index is 13.0. The summed E-state index contributed by atoms with van der Waals surface area (Å²) in [6.07, 6.45) is 2.22. The van der Waals surface area contributed by atoms with Gasteiger partial charge in [-0.1, -0.05) is 30.3 Å². The van der Waals surface area contributed by atoms with E-state index in [0.717, 1.165) is 31.5 Å². The van der Waals surface area contributed by atoms with E-state index in [2.05, 4.69) is 33.2 Å². The van der Waals surface area contributed by atoms with Crippen LogP contribution in [0.3, 0.4) is 0 Å². The second kappa shape index (κ2) is 7.73. The van der Waals surface area contributed by atoms with Crippen LogP contribution < -0.4 is 16.2 Å². The molecule has 2 unspecified atom stereocenters. The van der Waals surface area contributed by atoms with Crippen LogP contribution >= 0.6 is 0 Å². The Labute approximate surface area is 154 Å². The van der Waals surface area contributed by atoms with E-state index in [1.807, 2.05) is 23.1 Å². The summed E-state index contributed by atoms with van der Waals surface area (Å²) in [6.45, 7) is 3.97. The third-order valence-electron chi connectivity index (χ3n) is 5.45. The summed E-state index contributed by atoms with van der Waals surface area (Å²) in [4.78, 5) is 29.0. The normalized spacial score (nSPS) is 26.7. The van der Waals surface area contributed by atoms with Gasteiger partial charge in [0.15, 0.2) is 0 Å². The highest BCUT2D eigenvalue weighted by Crippen LogP contribution is 2.26. The zero-order valence-electron chi connectivity index (χ0n) is 15.0. The highest BCUT2D eigenvalue weighted by molar-refractivity contribution is 5.81. The Morgan fingerprint density at radius 3 is 2.50 bits per heavy atom. The molecular formula is C19H27N5O2. The molecule has 2 atom stereocenters. The van der Waals surface area contributed by atoms with Crippen LogP contribution in [0.1, 0.15) is 24.4 Å². The molecule has 2 heterocycles. The smallest absolute Gasteiger partial charge is 0.234 e. The van der Waals surface area contributed by atoms with Crippen molar-refractivity contribution in [2.75, 3.05) is 39.3 Å². The number of carbonyl (C=O) groups is 2. The van der Waals surface area contributed by atoms with E-state index in [1.54, 1.807) is 0 Å². The predicted octanol–water partition coefficient (Wildman–Crippen LogP) is -0.125. The molecule has 1 saturated carbocycles. The van der Waals surface area contributed by atoms with Gasteiger partial charge in [-0.3, -0.25) is 19.9 Å². The van der Waals surface area contributed by atoms with E-state index in [9.17, 15) is 9.59 Å². The molecule has 7 heteroatoms. The molecule has 3 fully saturated rings. The Bertz CT molecular complexity index is 641. The predicted molar refractivity (Wildman–Crippen MR) is 98.0 cm³/mol. The largest absolute Gasteiger partial charge is 0.352 e. The molecule has 3 N–H and O–H groups in total. The van der Waals surface area contributed by atoms with Gasteiger partial charge in [-0.25, -0.2) is 5.43 Å². The first kappa shape index (κ1) is 17.5. The number of nitrogens with zero attached hydrogens (tertiary/aromatic N) is 2. The van der Waals surface area contributed by atoms with E-state index in [1.165, 1.54) is 0 Å². The Kier molecular flexibility index (Phi) is 5.19. The van der Waals surface area contributed by atoms with Crippen molar-refractivity contribution in [3.05, 3.63) is 35.9 Å². The fourth-order valence-electron chi connectivity index (χ4n) is 3.77. The van der Waals surface area contributed by atoms with Crippen LogP contribution in [0.4, 0.5) is 0 Å². The van der Waals surface area contributed by atoms with Gasteiger partial charge in [-0.15, -0.1) is 0 Å². The average Bonchev–Trinajstić information content (AvgIpc) is 3.34. The third kappa shape index (κ3) is 4.06. The Morgan fingerprint density at radius 2 is 1.81 bits per heavy atom. The van der Waals surface area contributed by atoms with Crippen LogP contribution in [0.5, 0.6) is 0 Å². The number of piperazine rings is 1. The molecule has 7 nitrogen and oxygen atoms in total.